The van der Waals surface area contributed by atoms with Gasteiger partial charge in [0.25, 0.3) is 5.69 Å². The summed E-state index contributed by atoms with van der Waals surface area (Å²) in [6.07, 6.45) is -5.92. The lowest BCUT2D eigenvalue weighted by Crippen LogP contribution is -2.58. The normalized spacial score (nSPS) is 12.6. The Morgan fingerprint density at radius 3 is 2.21 bits per heavy atom. The van der Waals surface area contributed by atoms with Crippen LogP contribution in [0.2, 0.25) is 0 Å². The van der Waals surface area contributed by atoms with Crippen molar-refractivity contribution in [3.05, 3.63) is 62.1 Å². The number of non-ortho nitro benzene ring substituents is 1. The van der Waals surface area contributed by atoms with Crippen molar-refractivity contribution in [2.45, 2.75) is 24.8 Å². The van der Waals surface area contributed by atoms with Gasteiger partial charge in [0.2, 0.25) is 0 Å². The molecule has 0 heterocycles. The van der Waals surface area contributed by atoms with E-state index in [1.54, 1.807) is 0 Å². The van der Waals surface area contributed by atoms with E-state index in [1.807, 2.05) is 0 Å². The van der Waals surface area contributed by atoms with Crippen LogP contribution in [0.1, 0.15) is 11.1 Å². The smallest absolute Gasteiger partial charge is 0.462 e. The van der Waals surface area contributed by atoms with Crippen LogP contribution in [0.5, 0.6) is 11.5 Å². The molecule has 0 aliphatic carbocycles. The van der Waals surface area contributed by atoms with Gasteiger partial charge in [-0.25, -0.2) is 5.43 Å². The maximum atomic E-state index is 13.3. The van der Waals surface area contributed by atoms with E-state index in [0.717, 1.165) is 0 Å². The topological polar surface area (TPSA) is 86.0 Å². The molecular formula is C18H13BrF7N3O4. The molecule has 0 spiro atoms. The highest BCUT2D eigenvalue weighted by molar-refractivity contribution is 9.10. The minimum atomic E-state index is -6.49. The van der Waals surface area contributed by atoms with Gasteiger partial charge < -0.3 is 9.47 Å². The molecule has 2 aromatic rings. The van der Waals surface area contributed by atoms with Crippen LogP contribution in [-0.2, 0) is 6.61 Å². The molecule has 0 radical (unpaired) electrons. The molecule has 0 fully saturated rings. The van der Waals surface area contributed by atoms with Gasteiger partial charge in [-0.15, -0.1) is 0 Å². The summed E-state index contributed by atoms with van der Waals surface area (Å²) >= 11 is 3.07. The molecule has 15 heteroatoms. The standard InChI is InChI=1S/C18H13BrF7N3O4/c1-32-14-6-11(8-27-28-18(25,26)16(20,21)17(22,23)24)13(19)7-15(14)33-9-10-2-4-12(5-3-10)29(30)31/h2-8,28H,9H2,1H3/b27-8+. The summed E-state index contributed by atoms with van der Waals surface area (Å²) in [6, 6.07) is 2.28. The van der Waals surface area contributed by atoms with E-state index in [-0.39, 0.29) is 33.8 Å². The van der Waals surface area contributed by atoms with Crippen LogP contribution in [0.25, 0.3) is 0 Å². The summed E-state index contributed by atoms with van der Waals surface area (Å²) in [5.74, 6) is -6.17. The van der Waals surface area contributed by atoms with Crippen LogP contribution in [0.3, 0.4) is 0 Å². The maximum Gasteiger partial charge on any atom is 0.462 e. The first-order chi connectivity index (χ1) is 15.2. The monoisotopic (exact) mass is 547 g/mol. The Labute approximate surface area is 189 Å². The van der Waals surface area contributed by atoms with Gasteiger partial charge in [0, 0.05) is 22.2 Å². The van der Waals surface area contributed by atoms with Gasteiger partial charge in [-0.05, 0) is 45.8 Å². The fraction of sp³-hybridized carbons (Fsp3) is 0.278. The molecule has 0 saturated heterocycles. The first-order valence-corrected chi connectivity index (χ1v) is 9.35. The van der Waals surface area contributed by atoms with E-state index in [4.69, 9.17) is 9.47 Å². The van der Waals surface area contributed by atoms with Crippen molar-refractivity contribution >= 4 is 27.8 Å². The lowest BCUT2D eigenvalue weighted by atomic mass is 10.2. The second-order valence-corrected chi connectivity index (χ2v) is 7.11. The highest BCUT2D eigenvalue weighted by Crippen LogP contribution is 2.45. The van der Waals surface area contributed by atoms with Crippen molar-refractivity contribution in [3.63, 3.8) is 0 Å². The lowest BCUT2D eigenvalue weighted by molar-refractivity contribution is -0.384. The summed E-state index contributed by atoms with van der Waals surface area (Å²) in [5, 5.41) is 13.5. The number of halogens is 8. The van der Waals surface area contributed by atoms with Crippen LogP contribution in [-0.4, -0.2) is 36.4 Å². The molecule has 7 nitrogen and oxygen atoms in total. The number of hydrogen-bond acceptors (Lipinski definition) is 6. The van der Waals surface area contributed by atoms with Crippen molar-refractivity contribution in [3.8, 4) is 11.5 Å². The largest absolute Gasteiger partial charge is 0.493 e. The number of rotatable bonds is 9. The van der Waals surface area contributed by atoms with Crippen LogP contribution in [0.4, 0.5) is 36.4 Å². The van der Waals surface area contributed by atoms with E-state index >= 15 is 0 Å². The molecule has 0 unspecified atom stereocenters. The average Bonchev–Trinajstić information content (AvgIpc) is 2.72. The van der Waals surface area contributed by atoms with Crippen molar-refractivity contribution in [1.82, 2.24) is 5.43 Å². The minimum absolute atomic E-state index is 0.0202. The van der Waals surface area contributed by atoms with E-state index in [1.165, 1.54) is 43.5 Å². The zero-order valence-corrected chi connectivity index (χ0v) is 17.9. The Kier molecular flexibility index (Phi) is 7.77. The zero-order chi connectivity index (χ0) is 25.0. The number of nitrogens with one attached hydrogen (secondary N) is 1. The second kappa shape index (κ2) is 9.80. The number of ether oxygens (including phenoxy) is 2. The number of nitro groups is 1. The fourth-order valence-corrected chi connectivity index (χ4v) is 2.65. The SMILES string of the molecule is COc1cc(/C=N/NC(F)(F)C(F)(F)C(F)(F)F)c(Br)cc1OCc1ccc([N+](=O)[O-])cc1. The Morgan fingerprint density at radius 1 is 1.09 bits per heavy atom. The van der Waals surface area contributed by atoms with Crippen molar-refractivity contribution in [1.29, 1.82) is 0 Å². The highest BCUT2D eigenvalue weighted by Gasteiger charge is 2.73. The van der Waals surface area contributed by atoms with Gasteiger partial charge in [0.1, 0.15) is 6.61 Å². The van der Waals surface area contributed by atoms with Gasteiger partial charge in [-0.1, -0.05) is 0 Å². The third-order valence-electron chi connectivity index (χ3n) is 3.98. The average molecular weight is 548 g/mol. The Morgan fingerprint density at radius 2 is 1.70 bits per heavy atom. The van der Waals surface area contributed by atoms with Crippen molar-refractivity contribution in [2.75, 3.05) is 7.11 Å². The third-order valence-corrected chi connectivity index (χ3v) is 4.67. The van der Waals surface area contributed by atoms with Crippen LogP contribution < -0.4 is 14.9 Å². The number of alkyl halides is 7. The minimum Gasteiger partial charge on any atom is -0.493 e. The predicted molar refractivity (Wildman–Crippen MR) is 105 cm³/mol. The molecule has 0 aliphatic rings. The van der Waals surface area contributed by atoms with E-state index in [9.17, 15) is 40.8 Å². The predicted octanol–water partition coefficient (Wildman–Crippen LogP) is 5.66. The summed E-state index contributed by atoms with van der Waals surface area (Å²) in [5.41, 5.74) is 0.953. The molecule has 2 rings (SSSR count). The molecule has 33 heavy (non-hydrogen) atoms. The molecule has 1 N–H and O–H groups in total. The molecule has 0 aromatic heterocycles. The number of benzene rings is 2. The van der Waals surface area contributed by atoms with E-state index in [2.05, 4.69) is 21.0 Å². The first kappa shape index (κ1) is 26.2. The number of nitro benzene ring substituents is 1. The van der Waals surface area contributed by atoms with Crippen LogP contribution in [0, 0.1) is 10.1 Å². The molecular weight excluding hydrogens is 535 g/mol. The summed E-state index contributed by atoms with van der Waals surface area (Å²) in [7, 11) is 1.24. The number of hydrazone groups is 1. The maximum absolute atomic E-state index is 13.3. The summed E-state index contributed by atoms with van der Waals surface area (Å²) in [4.78, 5) is 10.1. The van der Waals surface area contributed by atoms with Gasteiger partial charge in [0.05, 0.1) is 18.2 Å². The molecule has 180 valence electrons. The van der Waals surface area contributed by atoms with Gasteiger partial charge >= 0.3 is 18.1 Å². The Bertz CT molecular complexity index is 1030. The van der Waals surface area contributed by atoms with Gasteiger partial charge in [-0.2, -0.15) is 35.8 Å². The molecule has 0 amide bonds. The molecule has 0 saturated carbocycles. The number of hydrogen-bond donors (Lipinski definition) is 1. The first-order valence-electron chi connectivity index (χ1n) is 8.56. The van der Waals surface area contributed by atoms with Crippen LogP contribution >= 0.6 is 15.9 Å². The summed E-state index contributed by atoms with van der Waals surface area (Å²) < 4.78 is 99.5. The quantitative estimate of drug-likeness (QED) is 0.144. The molecule has 2 aromatic carbocycles. The van der Waals surface area contributed by atoms with Gasteiger partial charge in [-0.3, -0.25) is 10.1 Å². The van der Waals surface area contributed by atoms with E-state index < -0.39 is 23.1 Å². The third kappa shape index (κ3) is 6.03. The Hall–Kier alpha value is -3.10. The molecule has 0 atom stereocenters. The number of methoxy groups -OCH3 is 1. The zero-order valence-electron chi connectivity index (χ0n) is 16.3. The Balaban J connectivity index is 2.15. The van der Waals surface area contributed by atoms with E-state index in [0.29, 0.717) is 17.2 Å². The molecule has 0 bridgehead atoms. The van der Waals surface area contributed by atoms with Crippen molar-refractivity contribution < 1.29 is 45.1 Å². The van der Waals surface area contributed by atoms with Crippen molar-refractivity contribution in [2.24, 2.45) is 5.10 Å². The lowest BCUT2D eigenvalue weighted by Gasteiger charge is -2.27. The second-order valence-electron chi connectivity index (χ2n) is 6.25. The molecule has 0 aliphatic heterocycles. The number of nitrogens with zero attached hydrogens (tertiary/aromatic N) is 2. The highest BCUT2D eigenvalue weighted by atomic mass is 79.9. The summed E-state index contributed by atoms with van der Waals surface area (Å²) in [6.45, 7) is -0.0332. The fourth-order valence-electron chi connectivity index (χ4n) is 2.23. The van der Waals surface area contributed by atoms with Gasteiger partial charge in [0.15, 0.2) is 11.5 Å². The van der Waals surface area contributed by atoms with Crippen LogP contribution in [0.15, 0.2) is 46.0 Å².